The second-order valence-corrected chi connectivity index (χ2v) is 6.12. The van der Waals surface area contributed by atoms with Gasteiger partial charge in [0.15, 0.2) is 0 Å². The molecule has 1 aromatic carbocycles. The highest BCUT2D eigenvalue weighted by Crippen LogP contribution is 2.25. The number of nitrogens with zero attached hydrogens (tertiary/aromatic N) is 4. The Morgan fingerprint density at radius 2 is 2.17 bits per heavy atom. The molecule has 3 rings (SSSR count). The smallest absolute Gasteiger partial charge is 0.251 e. The molecule has 0 saturated carbocycles. The second kappa shape index (κ2) is 7.11. The number of ether oxygens (including phenoxy) is 1. The van der Waals surface area contributed by atoms with E-state index in [0.29, 0.717) is 6.54 Å². The SMILES string of the molecule is CC(c1ccc(-n2cncn2)cc1)N(C)C(=O)[C@@H]1CC[C@H](CN)O1. The number of likely N-dealkylation sites (N-methyl/N-ethyl adjacent to an activating group) is 1. The quantitative estimate of drug-likeness (QED) is 0.893. The molecule has 2 N–H and O–H groups in total. The van der Waals surface area contributed by atoms with E-state index in [9.17, 15) is 4.79 Å². The first-order valence-corrected chi connectivity index (χ1v) is 8.17. The van der Waals surface area contributed by atoms with Gasteiger partial charge in [-0.25, -0.2) is 9.67 Å². The number of hydrogen-bond donors (Lipinski definition) is 1. The first-order chi connectivity index (χ1) is 11.6. The van der Waals surface area contributed by atoms with Gasteiger partial charge in [-0.3, -0.25) is 4.79 Å². The zero-order chi connectivity index (χ0) is 17.1. The molecular weight excluding hydrogens is 306 g/mol. The maximum atomic E-state index is 12.6. The third kappa shape index (κ3) is 3.32. The Bertz CT molecular complexity index is 671. The number of hydrogen-bond acceptors (Lipinski definition) is 5. The van der Waals surface area contributed by atoms with Gasteiger partial charge in [-0.15, -0.1) is 0 Å². The van der Waals surface area contributed by atoms with Crippen molar-refractivity contribution >= 4 is 5.91 Å². The topological polar surface area (TPSA) is 86.3 Å². The minimum Gasteiger partial charge on any atom is -0.364 e. The van der Waals surface area contributed by atoms with E-state index in [1.54, 1.807) is 15.9 Å². The highest BCUT2D eigenvalue weighted by Gasteiger charge is 2.33. The predicted molar refractivity (Wildman–Crippen MR) is 89.5 cm³/mol. The number of aromatic nitrogens is 3. The molecule has 0 aliphatic carbocycles. The Kier molecular flexibility index (Phi) is 4.92. The Morgan fingerprint density at radius 1 is 1.42 bits per heavy atom. The van der Waals surface area contributed by atoms with Crippen molar-refractivity contribution < 1.29 is 9.53 Å². The minimum atomic E-state index is -0.375. The average Bonchev–Trinajstić information content (AvgIpc) is 3.31. The van der Waals surface area contributed by atoms with Gasteiger partial charge < -0.3 is 15.4 Å². The van der Waals surface area contributed by atoms with Gasteiger partial charge in [0, 0.05) is 13.6 Å². The van der Waals surface area contributed by atoms with E-state index in [4.69, 9.17) is 10.5 Å². The van der Waals surface area contributed by atoms with Gasteiger partial charge in [0.25, 0.3) is 5.91 Å². The van der Waals surface area contributed by atoms with Crippen LogP contribution in [0.1, 0.15) is 31.4 Å². The summed E-state index contributed by atoms with van der Waals surface area (Å²) in [4.78, 5) is 18.3. The predicted octanol–water partition coefficient (Wildman–Crippen LogP) is 1.29. The van der Waals surface area contributed by atoms with Crippen LogP contribution in [-0.4, -0.2) is 51.4 Å². The van der Waals surface area contributed by atoms with Gasteiger partial charge in [-0.1, -0.05) is 12.1 Å². The van der Waals surface area contributed by atoms with Crippen LogP contribution in [-0.2, 0) is 9.53 Å². The fourth-order valence-corrected chi connectivity index (χ4v) is 2.95. The van der Waals surface area contributed by atoms with Crippen LogP contribution in [0, 0.1) is 0 Å². The molecule has 7 nitrogen and oxygen atoms in total. The highest BCUT2D eigenvalue weighted by atomic mass is 16.5. The molecule has 0 bridgehead atoms. The summed E-state index contributed by atoms with van der Waals surface area (Å²) < 4.78 is 7.41. The Hall–Kier alpha value is -2.25. The van der Waals surface area contributed by atoms with E-state index in [1.807, 2.05) is 38.2 Å². The van der Waals surface area contributed by atoms with Crippen LogP contribution in [0.3, 0.4) is 0 Å². The maximum Gasteiger partial charge on any atom is 0.251 e. The summed E-state index contributed by atoms with van der Waals surface area (Å²) in [5.74, 6) is 0.0128. The summed E-state index contributed by atoms with van der Waals surface area (Å²) in [6.45, 7) is 2.48. The number of benzene rings is 1. The van der Waals surface area contributed by atoms with Crippen LogP contribution in [0.4, 0.5) is 0 Å². The molecule has 1 amide bonds. The summed E-state index contributed by atoms with van der Waals surface area (Å²) in [5, 5.41) is 4.11. The first kappa shape index (κ1) is 16.6. The Labute approximate surface area is 141 Å². The van der Waals surface area contributed by atoms with Crippen molar-refractivity contribution in [3.8, 4) is 5.69 Å². The van der Waals surface area contributed by atoms with Crippen LogP contribution in [0.5, 0.6) is 0 Å². The highest BCUT2D eigenvalue weighted by molar-refractivity contribution is 5.81. The summed E-state index contributed by atoms with van der Waals surface area (Å²) in [6, 6.07) is 7.90. The largest absolute Gasteiger partial charge is 0.364 e. The van der Waals surface area contributed by atoms with Crippen molar-refractivity contribution in [2.24, 2.45) is 5.73 Å². The van der Waals surface area contributed by atoms with Crippen molar-refractivity contribution in [2.75, 3.05) is 13.6 Å². The molecule has 1 aromatic heterocycles. The summed E-state index contributed by atoms with van der Waals surface area (Å²) in [6.07, 6.45) is 4.37. The van der Waals surface area contributed by atoms with Crippen molar-refractivity contribution in [3.05, 3.63) is 42.5 Å². The second-order valence-electron chi connectivity index (χ2n) is 6.12. The zero-order valence-electron chi connectivity index (χ0n) is 14.0. The third-order valence-electron chi connectivity index (χ3n) is 4.63. The lowest BCUT2D eigenvalue weighted by atomic mass is 10.1. The van der Waals surface area contributed by atoms with Crippen molar-refractivity contribution in [3.63, 3.8) is 0 Å². The van der Waals surface area contributed by atoms with Crippen molar-refractivity contribution in [1.29, 1.82) is 0 Å². The lowest BCUT2D eigenvalue weighted by molar-refractivity contribution is -0.143. The molecular formula is C17H23N5O2. The van der Waals surface area contributed by atoms with Crippen LogP contribution >= 0.6 is 0 Å². The number of rotatable bonds is 5. The van der Waals surface area contributed by atoms with Crippen LogP contribution in [0.25, 0.3) is 5.69 Å². The number of nitrogens with two attached hydrogens (primary N) is 1. The molecule has 1 unspecified atom stereocenters. The van der Waals surface area contributed by atoms with Crippen LogP contribution < -0.4 is 5.73 Å². The van der Waals surface area contributed by atoms with E-state index in [1.165, 1.54) is 6.33 Å². The summed E-state index contributed by atoms with van der Waals surface area (Å²) >= 11 is 0. The molecule has 2 aromatic rings. The fraction of sp³-hybridized carbons (Fsp3) is 0.471. The maximum absolute atomic E-state index is 12.6. The molecule has 1 fully saturated rings. The lowest BCUT2D eigenvalue weighted by Crippen LogP contribution is -2.38. The Balaban J connectivity index is 1.67. The van der Waals surface area contributed by atoms with E-state index in [-0.39, 0.29) is 24.2 Å². The first-order valence-electron chi connectivity index (χ1n) is 8.17. The van der Waals surface area contributed by atoms with E-state index in [0.717, 1.165) is 24.1 Å². The number of carbonyl (C=O) groups is 1. The standard InChI is InChI=1S/C17H23N5O2/c1-12(21(2)17(23)16-8-7-15(9-18)24-16)13-3-5-14(6-4-13)22-11-19-10-20-22/h3-6,10-12,15-16H,7-9,18H2,1-2H3/t12?,15-,16+/m1/s1. The van der Waals surface area contributed by atoms with E-state index >= 15 is 0 Å². The average molecular weight is 329 g/mol. The molecule has 2 heterocycles. The zero-order valence-corrected chi connectivity index (χ0v) is 14.0. The molecule has 1 saturated heterocycles. The van der Waals surface area contributed by atoms with Crippen molar-refractivity contribution in [1.82, 2.24) is 19.7 Å². The van der Waals surface area contributed by atoms with Gasteiger partial charge in [0.1, 0.15) is 18.8 Å². The third-order valence-corrected chi connectivity index (χ3v) is 4.63. The molecule has 128 valence electrons. The molecule has 0 radical (unpaired) electrons. The molecule has 7 heteroatoms. The summed E-state index contributed by atoms with van der Waals surface area (Å²) in [7, 11) is 1.82. The molecule has 1 aliphatic heterocycles. The Morgan fingerprint density at radius 3 is 2.75 bits per heavy atom. The number of amides is 1. The normalized spacial score (nSPS) is 21.6. The molecule has 24 heavy (non-hydrogen) atoms. The molecule has 1 aliphatic rings. The van der Waals surface area contributed by atoms with E-state index < -0.39 is 0 Å². The van der Waals surface area contributed by atoms with Gasteiger partial charge in [0.2, 0.25) is 0 Å². The lowest BCUT2D eigenvalue weighted by Gasteiger charge is -2.28. The number of carbonyl (C=O) groups excluding carboxylic acids is 1. The van der Waals surface area contributed by atoms with Crippen molar-refractivity contribution in [2.45, 2.75) is 38.0 Å². The van der Waals surface area contributed by atoms with Crippen LogP contribution in [0.15, 0.2) is 36.9 Å². The van der Waals surface area contributed by atoms with Gasteiger partial charge in [0.05, 0.1) is 17.8 Å². The monoisotopic (exact) mass is 329 g/mol. The minimum absolute atomic E-state index is 0.00428. The molecule has 0 spiro atoms. The molecule has 3 atom stereocenters. The van der Waals surface area contributed by atoms with E-state index in [2.05, 4.69) is 10.1 Å². The summed E-state index contributed by atoms with van der Waals surface area (Å²) in [5.41, 5.74) is 7.61. The van der Waals surface area contributed by atoms with Crippen LogP contribution in [0.2, 0.25) is 0 Å². The fourth-order valence-electron chi connectivity index (χ4n) is 2.95. The van der Waals surface area contributed by atoms with Gasteiger partial charge >= 0.3 is 0 Å². The van der Waals surface area contributed by atoms with Gasteiger partial charge in [-0.05, 0) is 37.5 Å². The van der Waals surface area contributed by atoms with Gasteiger partial charge in [-0.2, -0.15) is 5.10 Å².